The molecule has 7 nitrogen and oxygen atoms in total. The fourth-order valence-corrected chi connectivity index (χ4v) is 3.79. The van der Waals surface area contributed by atoms with Crippen LogP contribution in [0.1, 0.15) is 12.8 Å². The smallest absolute Gasteiger partial charge is 0.229 e. The summed E-state index contributed by atoms with van der Waals surface area (Å²) >= 11 is 0. The average Bonchev–Trinajstić information content (AvgIpc) is 2.85. The van der Waals surface area contributed by atoms with Gasteiger partial charge in [0, 0.05) is 37.1 Å². The zero-order valence-corrected chi connectivity index (χ0v) is 18.0. The Morgan fingerprint density at radius 1 is 1.06 bits per heavy atom. The second-order valence-electron chi connectivity index (χ2n) is 7.62. The molecule has 2 heterocycles. The van der Waals surface area contributed by atoms with Crippen LogP contribution in [0.5, 0.6) is 11.5 Å². The van der Waals surface area contributed by atoms with Crippen LogP contribution in [-0.2, 0) is 4.79 Å². The van der Waals surface area contributed by atoms with Crippen LogP contribution < -0.4 is 19.7 Å². The van der Waals surface area contributed by atoms with Crippen LogP contribution in [0.2, 0.25) is 0 Å². The third kappa shape index (κ3) is 4.80. The quantitative estimate of drug-likeness (QED) is 0.626. The van der Waals surface area contributed by atoms with Crippen LogP contribution in [0.15, 0.2) is 54.9 Å². The summed E-state index contributed by atoms with van der Waals surface area (Å²) in [5.74, 6) is 1.23. The lowest BCUT2D eigenvalue weighted by molar-refractivity contribution is -0.120. The van der Waals surface area contributed by atoms with Crippen LogP contribution in [0, 0.1) is 11.7 Å². The number of methoxy groups -OCH3 is 2. The van der Waals surface area contributed by atoms with Gasteiger partial charge in [-0.2, -0.15) is 0 Å². The topological polar surface area (TPSA) is 76.6 Å². The van der Waals surface area contributed by atoms with Crippen LogP contribution in [0.3, 0.4) is 0 Å². The Bertz CT molecular complexity index is 1070. The molecule has 1 N–H and O–H groups in total. The largest absolute Gasteiger partial charge is 0.497 e. The van der Waals surface area contributed by atoms with Crippen LogP contribution in [-0.4, -0.2) is 43.2 Å². The highest BCUT2D eigenvalue weighted by molar-refractivity contribution is 5.94. The minimum Gasteiger partial charge on any atom is -0.497 e. The van der Waals surface area contributed by atoms with Crippen molar-refractivity contribution >= 4 is 17.5 Å². The molecule has 0 bridgehead atoms. The van der Waals surface area contributed by atoms with E-state index in [9.17, 15) is 9.18 Å². The summed E-state index contributed by atoms with van der Waals surface area (Å²) in [6, 6.07) is 11.5. The number of carbonyl (C=O) groups excluding carboxylic acids is 1. The van der Waals surface area contributed by atoms with Crippen molar-refractivity contribution in [1.29, 1.82) is 0 Å². The highest BCUT2D eigenvalue weighted by Crippen LogP contribution is 2.30. The molecule has 32 heavy (non-hydrogen) atoms. The predicted octanol–water partition coefficient (Wildman–Crippen LogP) is 4.16. The maximum Gasteiger partial charge on any atom is 0.229 e. The first-order chi connectivity index (χ1) is 15.6. The number of benzene rings is 2. The van der Waals surface area contributed by atoms with Crippen LogP contribution in [0.25, 0.3) is 11.1 Å². The normalized spacial score (nSPS) is 15.8. The van der Waals surface area contributed by atoms with E-state index in [-0.39, 0.29) is 17.6 Å². The number of nitrogens with one attached hydrogen (secondary N) is 1. The molecule has 1 aliphatic rings. The standard InChI is InChI=1S/C24H25FN4O3/c1-31-20-9-10-21(22(12-20)32-2)28-23(30)17-4-3-11-29(15-17)24-26-13-18(14-27-24)16-5-7-19(25)8-6-16/h5-10,12-14,17H,3-4,11,15H2,1-2H3,(H,28,30)/t17-/m0/s1. The Labute approximate surface area is 186 Å². The van der Waals surface area contributed by atoms with Gasteiger partial charge >= 0.3 is 0 Å². The van der Waals surface area contributed by atoms with Gasteiger partial charge in [-0.25, -0.2) is 14.4 Å². The minimum atomic E-state index is -0.281. The number of rotatable bonds is 6. The van der Waals surface area contributed by atoms with E-state index in [1.165, 1.54) is 12.1 Å². The van der Waals surface area contributed by atoms with Gasteiger partial charge in [0.05, 0.1) is 25.8 Å². The highest BCUT2D eigenvalue weighted by atomic mass is 19.1. The lowest BCUT2D eigenvalue weighted by Crippen LogP contribution is -2.41. The molecule has 0 spiro atoms. The summed E-state index contributed by atoms with van der Waals surface area (Å²) < 4.78 is 23.7. The zero-order valence-electron chi connectivity index (χ0n) is 18.0. The van der Waals surface area contributed by atoms with Gasteiger partial charge in [-0.3, -0.25) is 4.79 Å². The second kappa shape index (κ2) is 9.64. The number of amides is 1. The van der Waals surface area contributed by atoms with Gasteiger partial charge in [-0.15, -0.1) is 0 Å². The second-order valence-corrected chi connectivity index (χ2v) is 7.62. The first kappa shape index (κ1) is 21.5. The van der Waals surface area contributed by atoms with E-state index < -0.39 is 0 Å². The summed E-state index contributed by atoms with van der Waals surface area (Å²) in [7, 11) is 3.14. The van der Waals surface area contributed by atoms with Gasteiger partial charge < -0.3 is 19.7 Å². The van der Waals surface area contributed by atoms with Gasteiger partial charge in [-0.05, 0) is 42.7 Å². The number of ether oxygens (including phenoxy) is 2. The number of aromatic nitrogens is 2. The maximum atomic E-state index is 13.1. The molecule has 1 saturated heterocycles. The van der Waals surface area contributed by atoms with Crippen molar-refractivity contribution in [2.45, 2.75) is 12.8 Å². The molecule has 4 rings (SSSR count). The molecule has 1 aliphatic heterocycles. The molecule has 166 valence electrons. The molecular formula is C24H25FN4O3. The number of piperidine rings is 1. The van der Waals surface area contributed by atoms with Gasteiger partial charge in [0.1, 0.15) is 17.3 Å². The molecule has 2 aromatic carbocycles. The Morgan fingerprint density at radius 3 is 2.50 bits per heavy atom. The first-order valence-electron chi connectivity index (χ1n) is 10.4. The highest BCUT2D eigenvalue weighted by Gasteiger charge is 2.27. The number of halogens is 1. The summed E-state index contributed by atoms with van der Waals surface area (Å²) in [5.41, 5.74) is 2.27. The Hall–Kier alpha value is -3.68. The number of hydrogen-bond donors (Lipinski definition) is 1. The molecule has 1 amide bonds. The van der Waals surface area contributed by atoms with E-state index in [2.05, 4.69) is 15.3 Å². The zero-order chi connectivity index (χ0) is 22.5. The lowest BCUT2D eigenvalue weighted by Gasteiger charge is -2.32. The molecule has 1 fully saturated rings. The number of anilines is 2. The van der Waals surface area contributed by atoms with Crippen molar-refractivity contribution in [3.63, 3.8) is 0 Å². The molecule has 0 saturated carbocycles. The summed E-state index contributed by atoms with van der Waals surface area (Å²) in [4.78, 5) is 23.9. The van der Waals surface area contributed by atoms with E-state index in [1.807, 2.05) is 4.90 Å². The molecule has 0 unspecified atom stereocenters. The van der Waals surface area contributed by atoms with Gasteiger partial charge in [-0.1, -0.05) is 12.1 Å². The Kier molecular flexibility index (Phi) is 6.49. The minimum absolute atomic E-state index is 0.0684. The monoisotopic (exact) mass is 436 g/mol. The van der Waals surface area contributed by atoms with Crippen molar-refractivity contribution in [1.82, 2.24) is 9.97 Å². The van der Waals surface area contributed by atoms with E-state index >= 15 is 0 Å². The third-order valence-electron chi connectivity index (χ3n) is 5.56. The summed E-state index contributed by atoms with van der Waals surface area (Å²) in [6.45, 7) is 1.31. The Morgan fingerprint density at radius 2 is 1.81 bits per heavy atom. The molecule has 8 heteroatoms. The summed E-state index contributed by atoms with van der Waals surface area (Å²) in [5, 5.41) is 2.97. The maximum absolute atomic E-state index is 13.1. The van der Waals surface area contributed by atoms with Gasteiger partial charge in [0.2, 0.25) is 11.9 Å². The molecule has 1 atom stereocenters. The van der Waals surface area contributed by atoms with E-state index in [0.717, 1.165) is 30.5 Å². The summed E-state index contributed by atoms with van der Waals surface area (Å²) in [6.07, 6.45) is 5.10. The molecule has 1 aromatic heterocycles. The van der Waals surface area contributed by atoms with Gasteiger partial charge in [0.25, 0.3) is 0 Å². The van der Waals surface area contributed by atoms with Crippen molar-refractivity contribution in [3.05, 3.63) is 60.7 Å². The van der Waals surface area contributed by atoms with Crippen LogP contribution in [0.4, 0.5) is 16.0 Å². The number of nitrogens with zero attached hydrogens (tertiary/aromatic N) is 3. The van der Waals surface area contributed by atoms with E-state index in [0.29, 0.717) is 29.7 Å². The van der Waals surface area contributed by atoms with Gasteiger partial charge in [0.15, 0.2) is 0 Å². The Balaban J connectivity index is 1.43. The number of hydrogen-bond acceptors (Lipinski definition) is 6. The number of carbonyl (C=O) groups is 1. The molecule has 3 aromatic rings. The third-order valence-corrected chi connectivity index (χ3v) is 5.56. The fraction of sp³-hybridized carbons (Fsp3) is 0.292. The van der Waals surface area contributed by atoms with Crippen molar-refractivity contribution in [2.75, 3.05) is 37.5 Å². The lowest BCUT2D eigenvalue weighted by atomic mass is 9.97. The van der Waals surface area contributed by atoms with E-state index in [4.69, 9.17) is 9.47 Å². The van der Waals surface area contributed by atoms with Crippen molar-refractivity contribution < 1.29 is 18.7 Å². The average molecular weight is 436 g/mol. The van der Waals surface area contributed by atoms with Crippen molar-refractivity contribution in [2.24, 2.45) is 5.92 Å². The molecule has 0 aliphatic carbocycles. The van der Waals surface area contributed by atoms with Crippen molar-refractivity contribution in [3.8, 4) is 22.6 Å². The first-order valence-corrected chi connectivity index (χ1v) is 10.4. The SMILES string of the molecule is COc1ccc(NC(=O)[C@H]2CCCN(c3ncc(-c4ccc(F)cc4)cn3)C2)c(OC)c1. The predicted molar refractivity (Wildman–Crippen MR) is 121 cm³/mol. The fourth-order valence-electron chi connectivity index (χ4n) is 3.79. The van der Waals surface area contributed by atoms with Crippen LogP contribution >= 0.6 is 0 Å². The molecular weight excluding hydrogens is 411 g/mol. The molecule has 0 radical (unpaired) electrons. The van der Waals surface area contributed by atoms with E-state index in [1.54, 1.807) is 56.9 Å².